The molecular formula is C32H26N6O7. The molecule has 0 radical (unpaired) electrons. The molecule has 13 heteroatoms. The Balaban J connectivity index is 1.32. The summed E-state index contributed by atoms with van der Waals surface area (Å²) in [6.07, 6.45) is 1.40. The highest BCUT2D eigenvalue weighted by molar-refractivity contribution is 5.99. The van der Waals surface area contributed by atoms with Crippen molar-refractivity contribution in [3.8, 4) is 11.5 Å². The van der Waals surface area contributed by atoms with Gasteiger partial charge >= 0.3 is 0 Å². The zero-order valence-corrected chi connectivity index (χ0v) is 23.8. The van der Waals surface area contributed by atoms with Gasteiger partial charge in [0.2, 0.25) is 0 Å². The van der Waals surface area contributed by atoms with Crippen LogP contribution in [-0.4, -0.2) is 40.3 Å². The standard InChI is InChI=1S/C32H26N6O7/c1-44-27-17-20(11-12-22(27)19-45-24-15-13-23(14-16-24)38(42)43)18-33-36-32(41)29(34-30(39)21-7-3-2-4-8-21)28-25-9-5-6-10-26(25)31(40)37-35-28/h2-18,29H,19H2,1H3,(H,34,39)(H,36,41)(H,37,40)/b33-18-/t29-/m0/s1. The lowest BCUT2D eigenvalue weighted by Gasteiger charge is -2.18. The lowest BCUT2D eigenvalue weighted by Crippen LogP contribution is -2.40. The van der Waals surface area contributed by atoms with E-state index in [1.807, 2.05) is 0 Å². The van der Waals surface area contributed by atoms with Crippen molar-refractivity contribution < 1.29 is 24.0 Å². The van der Waals surface area contributed by atoms with Crippen LogP contribution in [-0.2, 0) is 11.4 Å². The molecule has 0 unspecified atom stereocenters. The highest BCUT2D eigenvalue weighted by atomic mass is 16.6. The fraction of sp³-hybridized carbons (Fsp3) is 0.0938. The number of hydrogen-bond acceptors (Lipinski definition) is 9. The van der Waals surface area contributed by atoms with Gasteiger partial charge < -0.3 is 14.8 Å². The minimum Gasteiger partial charge on any atom is -0.496 e. The predicted octanol–water partition coefficient (Wildman–Crippen LogP) is 4.04. The van der Waals surface area contributed by atoms with Gasteiger partial charge in [-0.1, -0.05) is 48.5 Å². The van der Waals surface area contributed by atoms with Gasteiger partial charge in [-0.05, 0) is 42.0 Å². The Morgan fingerprint density at radius 3 is 2.42 bits per heavy atom. The first-order valence-electron chi connectivity index (χ1n) is 13.5. The lowest BCUT2D eigenvalue weighted by molar-refractivity contribution is -0.384. The number of aromatic amines is 1. The number of nitrogens with zero attached hydrogens (tertiary/aromatic N) is 3. The zero-order chi connectivity index (χ0) is 31.8. The number of aromatic nitrogens is 2. The van der Waals surface area contributed by atoms with E-state index in [0.29, 0.717) is 39.0 Å². The van der Waals surface area contributed by atoms with Crippen LogP contribution < -0.4 is 25.8 Å². The molecule has 1 heterocycles. The van der Waals surface area contributed by atoms with Gasteiger partial charge in [-0.3, -0.25) is 24.5 Å². The molecule has 0 saturated heterocycles. The van der Waals surface area contributed by atoms with E-state index in [1.54, 1.807) is 72.8 Å². The van der Waals surface area contributed by atoms with Gasteiger partial charge in [-0.15, -0.1) is 0 Å². The molecule has 0 spiro atoms. The molecule has 0 aliphatic heterocycles. The van der Waals surface area contributed by atoms with Gasteiger partial charge in [0.05, 0.1) is 23.6 Å². The van der Waals surface area contributed by atoms with E-state index in [2.05, 4.69) is 26.0 Å². The van der Waals surface area contributed by atoms with Crippen molar-refractivity contribution in [3.05, 3.63) is 140 Å². The highest BCUT2D eigenvalue weighted by Gasteiger charge is 2.27. The molecular weight excluding hydrogens is 580 g/mol. The van der Waals surface area contributed by atoms with Crippen LogP contribution in [0.3, 0.4) is 0 Å². The normalized spacial score (nSPS) is 11.6. The molecule has 5 rings (SSSR count). The number of nitro groups is 1. The van der Waals surface area contributed by atoms with Gasteiger partial charge in [0.15, 0.2) is 6.04 Å². The minimum absolute atomic E-state index is 0.0381. The summed E-state index contributed by atoms with van der Waals surface area (Å²) in [6.45, 7) is 0.137. The average molecular weight is 607 g/mol. The second-order valence-electron chi connectivity index (χ2n) is 9.60. The van der Waals surface area contributed by atoms with Crippen molar-refractivity contribution in [2.75, 3.05) is 7.11 Å². The van der Waals surface area contributed by atoms with Crippen molar-refractivity contribution in [2.24, 2.45) is 5.10 Å². The van der Waals surface area contributed by atoms with Crippen LogP contribution in [0.25, 0.3) is 10.8 Å². The minimum atomic E-state index is -1.30. The fourth-order valence-electron chi connectivity index (χ4n) is 4.44. The Bertz CT molecular complexity index is 1940. The van der Waals surface area contributed by atoms with Crippen LogP contribution >= 0.6 is 0 Å². The third kappa shape index (κ3) is 7.17. The third-order valence-corrected chi connectivity index (χ3v) is 6.71. The van der Waals surface area contributed by atoms with Gasteiger partial charge in [0.1, 0.15) is 23.8 Å². The van der Waals surface area contributed by atoms with Crippen LogP contribution in [0, 0.1) is 10.1 Å². The maximum Gasteiger partial charge on any atom is 0.272 e. The summed E-state index contributed by atoms with van der Waals surface area (Å²) >= 11 is 0. The number of methoxy groups -OCH3 is 1. The maximum atomic E-state index is 13.4. The Morgan fingerprint density at radius 1 is 1.00 bits per heavy atom. The number of amides is 2. The Morgan fingerprint density at radius 2 is 1.71 bits per heavy atom. The molecule has 4 aromatic carbocycles. The van der Waals surface area contributed by atoms with Gasteiger partial charge in [-0.2, -0.15) is 10.2 Å². The van der Waals surface area contributed by atoms with E-state index in [9.17, 15) is 24.5 Å². The Labute approximate surface area is 255 Å². The van der Waals surface area contributed by atoms with Crippen molar-refractivity contribution in [1.29, 1.82) is 0 Å². The van der Waals surface area contributed by atoms with E-state index < -0.39 is 28.3 Å². The molecule has 0 saturated carbocycles. The monoisotopic (exact) mass is 606 g/mol. The van der Waals surface area contributed by atoms with E-state index in [-0.39, 0.29) is 18.0 Å². The zero-order valence-electron chi connectivity index (χ0n) is 23.8. The largest absolute Gasteiger partial charge is 0.496 e. The smallest absolute Gasteiger partial charge is 0.272 e. The van der Waals surface area contributed by atoms with E-state index in [1.165, 1.54) is 37.6 Å². The summed E-state index contributed by atoms with van der Waals surface area (Å²) in [6, 6.07) is 24.6. The summed E-state index contributed by atoms with van der Waals surface area (Å²) < 4.78 is 11.2. The SMILES string of the molecule is COc1cc(/C=N\NC(=O)[C@@H](NC(=O)c2ccccc2)c2n[nH]c(=O)c3ccccc23)ccc1COc1ccc([N+](=O)[O-])cc1. The van der Waals surface area contributed by atoms with E-state index in [0.717, 1.165) is 0 Å². The highest BCUT2D eigenvalue weighted by Crippen LogP contribution is 2.24. The molecule has 1 atom stereocenters. The van der Waals surface area contributed by atoms with Crippen LogP contribution in [0.1, 0.15) is 33.2 Å². The van der Waals surface area contributed by atoms with Crippen molar-refractivity contribution in [2.45, 2.75) is 12.6 Å². The van der Waals surface area contributed by atoms with Crippen LogP contribution in [0.4, 0.5) is 5.69 Å². The summed E-state index contributed by atoms with van der Waals surface area (Å²) in [5.41, 5.74) is 3.74. The number of benzene rings is 4. The van der Waals surface area contributed by atoms with Crippen LogP contribution in [0.2, 0.25) is 0 Å². The molecule has 226 valence electrons. The molecule has 2 amide bonds. The molecule has 13 nitrogen and oxygen atoms in total. The first-order chi connectivity index (χ1) is 21.8. The molecule has 45 heavy (non-hydrogen) atoms. The van der Waals surface area contributed by atoms with Crippen molar-refractivity contribution in [3.63, 3.8) is 0 Å². The summed E-state index contributed by atoms with van der Waals surface area (Å²) in [4.78, 5) is 49.2. The second-order valence-corrected chi connectivity index (χ2v) is 9.60. The number of carbonyl (C=O) groups excluding carboxylic acids is 2. The summed E-state index contributed by atoms with van der Waals surface area (Å²) in [7, 11) is 1.49. The predicted molar refractivity (Wildman–Crippen MR) is 165 cm³/mol. The second kappa shape index (κ2) is 13.7. The molecule has 0 aliphatic rings. The number of nitro benzene ring substituents is 1. The number of fused-ring (bicyclic) bond motifs is 1. The van der Waals surface area contributed by atoms with Crippen molar-refractivity contribution in [1.82, 2.24) is 20.9 Å². The van der Waals surface area contributed by atoms with Crippen LogP contribution in [0.15, 0.2) is 107 Å². The Hall–Kier alpha value is -6.37. The average Bonchev–Trinajstić information content (AvgIpc) is 3.07. The summed E-state index contributed by atoms with van der Waals surface area (Å²) in [5, 5.41) is 24.8. The molecule has 1 aromatic heterocycles. The topological polar surface area (TPSA) is 178 Å². The number of hydrogen-bond donors (Lipinski definition) is 3. The van der Waals surface area contributed by atoms with E-state index in [4.69, 9.17) is 9.47 Å². The first-order valence-corrected chi connectivity index (χ1v) is 13.5. The molecule has 5 aromatic rings. The van der Waals surface area contributed by atoms with E-state index >= 15 is 0 Å². The number of hydrazone groups is 1. The number of H-pyrrole nitrogens is 1. The number of nitrogens with one attached hydrogen (secondary N) is 3. The fourth-order valence-corrected chi connectivity index (χ4v) is 4.44. The van der Waals surface area contributed by atoms with Crippen LogP contribution in [0.5, 0.6) is 11.5 Å². The number of carbonyl (C=O) groups is 2. The van der Waals surface area contributed by atoms with Gasteiger partial charge in [0.25, 0.3) is 23.1 Å². The quantitative estimate of drug-likeness (QED) is 0.115. The lowest BCUT2D eigenvalue weighted by atomic mass is 10.0. The Kier molecular flexibility index (Phi) is 9.19. The molecule has 0 aliphatic carbocycles. The number of ether oxygens (including phenoxy) is 2. The van der Waals surface area contributed by atoms with Crippen molar-refractivity contribution >= 4 is 34.5 Å². The number of non-ortho nitro benzene ring substituents is 1. The third-order valence-electron chi connectivity index (χ3n) is 6.71. The molecule has 3 N–H and O–H groups in total. The van der Waals surface area contributed by atoms with Gasteiger partial charge in [0, 0.05) is 28.6 Å². The maximum absolute atomic E-state index is 13.4. The van der Waals surface area contributed by atoms with Gasteiger partial charge in [-0.25, -0.2) is 10.5 Å². The number of rotatable bonds is 11. The molecule has 0 bridgehead atoms. The summed E-state index contributed by atoms with van der Waals surface area (Å²) in [5.74, 6) is -0.271. The molecule has 0 fully saturated rings. The first kappa shape index (κ1) is 30.1.